The minimum atomic E-state index is -0.876. The maximum Gasteiger partial charge on any atom is 0.315 e. The molecule has 7 heteroatoms. The standard InChI is InChI=1S/C12H21N3O4/c1-13-10(16)7-14-12(19)15-9-6-4-2-3-5-8(9)11(17)18/h8-9H,2-7H2,1H3,(H,13,16)(H,17,18)(H2,14,15,19). The molecule has 0 aromatic heterocycles. The van der Waals surface area contributed by atoms with Crippen molar-refractivity contribution in [3.63, 3.8) is 0 Å². The Bertz CT molecular complexity index is 346. The van der Waals surface area contributed by atoms with Crippen LogP contribution in [0.3, 0.4) is 0 Å². The molecule has 19 heavy (non-hydrogen) atoms. The van der Waals surface area contributed by atoms with Gasteiger partial charge in [0.05, 0.1) is 12.5 Å². The summed E-state index contributed by atoms with van der Waals surface area (Å²) in [5.74, 6) is -1.72. The summed E-state index contributed by atoms with van der Waals surface area (Å²) in [6, 6.07) is -0.869. The van der Waals surface area contributed by atoms with Crippen molar-refractivity contribution in [2.24, 2.45) is 5.92 Å². The van der Waals surface area contributed by atoms with Gasteiger partial charge in [0.15, 0.2) is 0 Å². The third-order valence-corrected chi connectivity index (χ3v) is 3.34. The number of carbonyl (C=O) groups is 3. The predicted octanol–water partition coefficient (Wildman–Crippen LogP) is 0.0651. The molecule has 1 saturated carbocycles. The lowest BCUT2D eigenvalue weighted by molar-refractivity contribution is -0.142. The summed E-state index contributed by atoms with van der Waals surface area (Å²) < 4.78 is 0. The van der Waals surface area contributed by atoms with Crippen molar-refractivity contribution in [1.82, 2.24) is 16.0 Å². The molecule has 0 bridgehead atoms. The van der Waals surface area contributed by atoms with Crippen molar-refractivity contribution in [3.8, 4) is 0 Å². The zero-order valence-corrected chi connectivity index (χ0v) is 11.1. The van der Waals surface area contributed by atoms with Crippen LogP contribution in [0.25, 0.3) is 0 Å². The van der Waals surface area contributed by atoms with Gasteiger partial charge in [-0.3, -0.25) is 9.59 Å². The maximum atomic E-state index is 11.6. The molecular weight excluding hydrogens is 250 g/mol. The SMILES string of the molecule is CNC(=O)CNC(=O)NC1CCCCCC1C(=O)O. The van der Waals surface area contributed by atoms with E-state index in [-0.39, 0.29) is 18.5 Å². The Hall–Kier alpha value is -1.79. The van der Waals surface area contributed by atoms with Crippen molar-refractivity contribution in [3.05, 3.63) is 0 Å². The molecule has 7 nitrogen and oxygen atoms in total. The molecule has 0 spiro atoms. The first kappa shape index (κ1) is 15.3. The van der Waals surface area contributed by atoms with Gasteiger partial charge in [0, 0.05) is 13.1 Å². The van der Waals surface area contributed by atoms with Crippen LogP contribution in [0.4, 0.5) is 4.79 Å². The van der Waals surface area contributed by atoms with Crippen molar-refractivity contribution in [1.29, 1.82) is 0 Å². The molecule has 0 aromatic rings. The lowest BCUT2D eigenvalue weighted by Crippen LogP contribution is -2.49. The molecule has 0 aliphatic heterocycles. The summed E-state index contributed by atoms with van der Waals surface area (Å²) in [4.78, 5) is 33.8. The first-order chi connectivity index (χ1) is 9.04. The van der Waals surface area contributed by atoms with E-state index in [4.69, 9.17) is 5.11 Å². The molecule has 4 N–H and O–H groups in total. The molecule has 2 atom stereocenters. The zero-order valence-electron chi connectivity index (χ0n) is 11.1. The van der Waals surface area contributed by atoms with Gasteiger partial charge in [-0.2, -0.15) is 0 Å². The van der Waals surface area contributed by atoms with E-state index in [1.54, 1.807) is 0 Å². The van der Waals surface area contributed by atoms with Gasteiger partial charge in [-0.1, -0.05) is 19.3 Å². The van der Waals surface area contributed by atoms with E-state index in [0.717, 1.165) is 19.3 Å². The number of urea groups is 1. The third kappa shape index (κ3) is 5.15. The first-order valence-corrected chi connectivity index (χ1v) is 6.52. The van der Waals surface area contributed by atoms with E-state index in [0.29, 0.717) is 12.8 Å². The van der Waals surface area contributed by atoms with Crippen LogP contribution >= 0.6 is 0 Å². The Morgan fingerprint density at radius 1 is 1.16 bits per heavy atom. The second-order valence-electron chi connectivity index (χ2n) is 4.69. The van der Waals surface area contributed by atoms with Crippen molar-refractivity contribution >= 4 is 17.9 Å². The zero-order chi connectivity index (χ0) is 14.3. The Morgan fingerprint density at radius 3 is 2.47 bits per heavy atom. The van der Waals surface area contributed by atoms with E-state index >= 15 is 0 Å². The van der Waals surface area contributed by atoms with Gasteiger partial charge in [0.2, 0.25) is 5.91 Å². The monoisotopic (exact) mass is 271 g/mol. The topological polar surface area (TPSA) is 108 Å². The molecule has 1 rings (SSSR count). The average molecular weight is 271 g/mol. The highest BCUT2D eigenvalue weighted by Crippen LogP contribution is 2.23. The first-order valence-electron chi connectivity index (χ1n) is 6.52. The molecule has 108 valence electrons. The van der Waals surface area contributed by atoms with Crippen molar-refractivity contribution < 1.29 is 19.5 Å². The van der Waals surface area contributed by atoms with E-state index in [2.05, 4.69) is 16.0 Å². The maximum absolute atomic E-state index is 11.6. The summed E-state index contributed by atoms with van der Waals surface area (Å²) in [6.07, 6.45) is 4.00. The Balaban J connectivity index is 2.49. The average Bonchev–Trinajstić information content (AvgIpc) is 2.61. The van der Waals surface area contributed by atoms with E-state index < -0.39 is 17.9 Å². The lowest BCUT2D eigenvalue weighted by atomic mass is 9.95. The summed E-state index contributed by atoms with van der Waals surface area (Å²) in [5.41, 5.74) is 0. The largest absolute Gasteiger partial charge is 0.481 e. The number of amides is 3. The van der Waals surface area contributed by atoms with Gasteiger partial charge in [-0.15, -0.1) is 0 Å². The quantitative estimate of drug-likeness (QED) is 0.542. The predicted molar refractivity (Wildman–Crippen MR) is 68.6 cm³/mol. The second-order valence-corrected chi connectivity index (χ2v) is 4.69. The van der Waals surface area contributed by atoms with Gasteiger partial charge in [0.25, 0.3) is 0 Å². The molecule has 0 heterocycles. The Labute approximate surface area is 112 Å². The molecular formula is C12H21N3O4. The highest BCUT2D eigenvalue weighted by Gasteiger charge is 2.30. The van der Waals surface area contributed by atoms with Crippen LogP contribution in [0, 0.1) is 5.92 Å². The van der Waals surface area contributed by atoms with Gasteiger partial charge in [-0.25, -0.2) is 4.79 Å². The summed E-state index contributed by atoms with van der Waals surface area (Å²) in [5, 5.41) is 16.6. The van der Waals surface area contributed by atoms with Crippen LogP contribution < -0.4 is 16.0 Å². The van der Waals surface area contributed by atoms with Gasteiger partial charge >= 0.3 is 12.0 Å². The number of aliphatic carboxylic acids is 1. The van der Waals surface area contributed by atoms with Crippen LogP contribution in [0.1, 0.15) is 32.1 Å². The third-order valence-electron chi connectivity index (χ3n) is 3.34. The number of carbonyl (C=O) groups excluding carboxylic acids is 2. The molecule has 3 amide bonds. The van der Waals surface area contributed by atoms with Gasteiger partial charge in [0.1, 0.15) is 0 Å². The second kappa shape index (κ2) is 7.60. The summed E-state index contributed by atoms with van der Waals surface area (Å²) in [7, 11) is 1.48. The van der Waals surface area contributed by atoms with Crippen LogP contribution in [0.2, 0.25) is 0 Å². The Morgan fingerprint density at radius 2 is 1.84 bits per heavy atom. The van der Waals surface area contributed by atoms with E-state index in [1.165, 1.54) is 7.05 Å². The normalized spacial score (nSPS) is 23.0. The smallest absolute Gasteiger partial charge is 0.315 e. The highest BCUT2D eigenvalue weighted by atomic mass is 16.4. The van der Waals surface area contributed by atoms with Crippen LogP contribution in [-0.4, -0.2) is 42.6 Å². The number of hydrogen-bond acceptors (Lipinski definition) is 3. The minimum absolute atomic E-state index is 0.118. The molecule has 0 radical (unpaired) electrons. The molecule has 1 aliphatic rings. The van der Waals surface area contributed by atoms with Gasteiger partial charge < -0.3 is 21.1 Å². The van der Waals surface area contributed by atoms with E-state index in [9.17, 15) is 14.4 Å². The summed E-state index contributed by atoms with van der Waals surface area (Å²) in [6.45, 7) is -0.118. The summed E-state index contributed by atoms with van der Waals surface area (Å²) >= 11 is 0. The molecule has 0 saturated heterocycles. The lowest BCUT2D eigenvalue weighted by Gasteiger charge is -2.22. The fourth-order valence-corrected chi connectivity index (χ4v) is 2.24. The number of nitrogens with one attached hydrogen (secondary N) is 3. The number of carboxylic acid groups (broad SMARTS) is 1. The fourth-order valence-electron chi connectivity index (χ4n) is 2.24. The van der Waals surface area contributed by atoms with Crippen LogP contribution in [-0.2, 0) is 9.59 Å². The van der Waals surface area contributed by atoms with E-state index in [1.807, 2.05) is 0 Å². The highest BCUT2D eigenvalue weighted by molar-refractivity contribution is 5.84. The number of rotatable bonds is 4. The Kier molecular flexibility index (Phi) is 6.11. The van der Waals surface area contributed by atoms with Crippen molar-refractivity contribution in [2.45, 2.75) is 38.1 Å². The fraction of sp³-hybridized carbons (Fsp3) is 0.750. The number of likely N-dealkylation sites (N-methyl/N-ethyl adjacent to an activating group) is 1. The number of carboxylic acids is 1. The van der Waals surface area contributed by atoms with Crippen LogP contribution in [0.5, 0.6) is 0 Å². The molecule has 1 aliphatic carbocycles. The number of hydrogen-bond donors (Lipinski definition) is 4. The van der Waals surface area contributed by atoms with Crippen LogP contribution in [0.15, 0.2) is 0 Å². The molecule has 2 unspecified atom stereocenters. The molecule has 0 aromatic carbocycles. The van der Waals surface area contributed by atoms with Gasteiger partial charge in [-0.05, 0) is 12.8 Å². The van der Waals surface area contributed by atoms with Crippen molar-refractivity contribution in [2.75, 3.05) is 13.6 Å². The minimum Gasteiger partial charge on any atom is -0.481 e. The molecule has 1 fully saturated rings.